The first kappa shape index (κ1) is 9.83. The third-order valence-electron chi connectivity index (χ3n) is 1.99. The highest BCUT2D eigenvalue weighted by molar-refractivity contribution is 5.42. The molecule has 1 aromatic rings. The predicted molar refractivity (Wildman–Crippen MR) is 48.4 cm³/mol. The summed E-state index contributed by atoms with van der Waals surface area (Å²) in [5, 5.41) is 27.9. The van der Waals surface area contributed by atoms with Gasteiger partial charge in [-0.2, -0.15) is 0 Å². The van der Waals surface area contributed by atoms with E-state index in [9.17, 15) is 5.11 Å². The fourth-order valence-electron chi connectivity index (χ4n) is 0.976. The van der Waals surface area contributed by atoms with E-state index in [0.717, 1.165) is 0 Å². The highest BCUT2D eigenvalue weighted by Crippen LogP contribution is 2.29. The van der Waals surface area contributed by atoms with E-state index in [0.29, 0.717) is 5.56 Å². The maximum atomic E-state index is 9.69. The van der Waals surface area contributed by atoms with Crippen molar-refractivity contribution in [2.45, 2.75) is 12.5 Å². The molecule has 72 valence electrons. The Morgan fingerprint density at radius 1 is 1.31 bits per heavy atom. The summed E-state index contributed by atoms with van der Waals surface area (Å²) in [6, 6.07) is 4.12. The largest absolute Gasteiger partial charge is 0.504 e. The number of phenols is 2. The van der Waals surface area contributed by atoms with Crippen molar-refractivity contribution in [2.24, 2.45) is 5.73 Å². The highest BCUT2D eigenvalue weighted by atomic mass is 16.3. The van der Waals surface area contributed by atoms with Crippen LogP contribution < -0.4 is 5.73 Å². The Labute approximate surface area is 76.2 Å². The van der Waals surface area contributed by atoms with Crippen molar-refractivity contribution in [1.82, 2.24) is 0 Å². The average molecular weight is 183 g/mol. The Bertz CT molecular complexity index is 310. The molecule has 1 aromatic carbocycles. The Morgan fingerprint density at radius 3 is 2.38 bits per heavy atom. The predicted octanol–water partition coefficient (Wildman–Crippen LogP) is 0.264. The molecule has 5 N–H and O–H groups in total. The molecule has 0 saturated heterocycles. The first-order chi connectivity index (χ1) is 5.97. The Kier molecular flexibility index (Phi) is 2.45. The molecule has 0 bridgehead atoms. The Morgan fingerprint density at radius 2 is 1.92 bits per heavy atom. The van der Waals surface area contributed by atoms with Crippen molar-refractivity contribution in [3.8, 4) is 11.5 Å². The molecule has 1 unspecified atom stereocenters. The second-order valence-electron chi connectivity index (χ2n) is 3.18. The van der Waals surface area contributed by atoms with Gasteiger partial charge in [0.15, 0.2) is 11.5 Å². The minimum absolute atomic E-state index is 0.0528. The Hall–Kier alpha value is -1.26. The molecule has 0 fully saturated rings. The zero-order chi connectivity index (χ0) is 10.1. The third kappa shape index (κ3) is 1.91. The van der Waals surface area contributed by atoms with Gasteiger partial charge in [0.25, 0.3) is 0 Å². The average Bonchev–Trinajstić information content (AvgIpc) is 2.09. The smallest absolute Gasteiger partial charge is 0.157 e. The maximum Gasteiger partial charge on any atom is 0.157 e. The van der Waals surface area contributed by atoms with Gasteiger partial charge in [-0.1, -0.05) is 6.07 Å². The zero-order valence-corrected chi connectivity index (χ0v) is 7.36. The molecule has 1 rings (SSSR count). The third-order valence-corrected chi connectivity index (χ3v) is 1.99. The van der Waals surface area contributed by atoms with Crippen molar-refractivity contribution < 1.29 is 15.3 Å². The molecule has 0 aliphatic heterocycles. The summed E-state index contributed by atoms with van der Waals surface area (Å²) in [5.41, 5.74) is 4.63. The maximum absolute atomic E-state index is 9.69. The molecule has 0 amide bonds. The number of aliphatic hydroxyl groups is 1. The second kappa shape index (κ2) is 3.24. The van der Waals surface area contributed by atoms with Crippen LogP contribution in [0, 0.1) is 0 Å². The van der Waals surface area contributed by atoms with Crippen LogP contribution in [0.2, 0.25) is 0 Å². The molecule has 0 heterocycles. The van der Waals surface area contributed by atoms with Gasteiger partial charge in [-0.15, -0.1) is 0 Å². The van der Waals surface area contributed by atoms with E-state index in [2.05, 4.69) is 0 Å². The summed E-state index contributed by atoms with van der Waals surface area (Å²) in [6.45, 7) is 1.59. The molecule has 4 nitrogen and oxygen atoms in total. The summed E-state index contributed by atoms with van der Waals surface area (Å²) >= 11 is 0. The molecule has 0 aliphatic carbocycles. The van der Waals surface area contributed by atoms with Crippen LogP contribution in [0.15, 0.2) is 18.2 Å². The summed E-state index contributed by atoms with van der Waals surface area (Å²) in [5.74, 6) is -0.470. The van der Waals surface area contributed by atoms with E-state index in [-0.39, 0.29) is 18.0 Å². The molecule has 1 atom stereocenters. The van der Waals surface area contributed by atoms with Gasteiger partial charge in [0, 0.05) is 6.54 Å². The minimum Gasteiger partial charge on any atom is -0.504 e. The molecule has 13 heavy (non-hydrogen) atoms. The monoisotopic (exact) mass is 183 g/mol. The zero-order valence-electron chi connectivity index (χ0n) is 7.36. The van der Waals surface area contributed by atoms with Crippen LogP contribution in [0.1, 0.15) is 12.5 Å². The van der Waals surface area contributed by atoms with Gasteiger partial charge in [-0.3, -0.25) is 0 Å². The van der Waals surface area contributed by atoms with E-state index in [1.807, 2.05) is 0 Å². The van der Waals surface area contributed by atoms with E-state index in [4.69, 9.17) is 15.9 Å². The van der Waals surface area contributed by atoms with E-state index in [1.165, 1.54) is 18.2 Å². The van der Waals surface area contributed by atoms with Gasteiger partial charge < -0.3 is 21.1 Å². The normalized spacial score (nSPS) is 15.3. The number of hydrogen-bond acceptors (Lipinski definition) is 4. The number of nitrogens with two attached hydrogens (primary N) is 1. The van der Waals surface area contributed by atoms with Crippen molar-refractivity contribution in [2.75, 3.05) is 6.54 Å². The Balaban J connectivity index is 3.10. The standard InChI is InChI=1S/C9H13NO3/c1-9(13,5-10)6-2-3-7(11)8(12)4-6/h2-4,11-13H,5,10H2,1H3. The first-order valence-corrected chi connectivity index (χ1v) is 3.92. The summed E-state index contributed by atoms with van der Waals surface area (Å²) < 4.78 is 0. The molecule has 4 heteroatoms. The molecular weight excluding hydrogens is 170 g/mol. The van der Waals surface area contributed by atoms with Crippen LogP contribution in [-0.2, 0) is 5.60 Å². The van der Waals surface area contributed by atoms with Crippen LogP contribution in [0.4, 0.5) is 0 Å². The number of aromatic hydroxyl groups is 2. The lowest BCUT2D eigenvalue weighted by atomic mass is 9.96. The van der Waals surface area contributed by atoms with Crippen molar-refractivity contribution in [3.63, 3.8) is 0 Å². The van der Waals surface area contributed by atoms with E-state index >= 15 is 0 Å². The lowest BCUT2D eigenvalue weighted by molar-refractivity contribution is 0.0665. The van der Waals surface area contributed by atoms with Crippen LogP contribution in [0.3, 0.4) is 0 Å². The van der Waals surface area contributed by atoms with Gasteiger partial charge in [0.05, 0.1) is 5.60 Å². The lowest BCUT2D eigenvalue weighted by Crippen LogP contribution is -2.31. The van der Waals surface area contributed by atoms with Gasteiger partial charge in [-0.05, 0) is 24.6 Å². The van der Waals surface area contributed by atoms with Gasteiger partial charge in [-0.25, -0.2) is 0 Å². The van der Waals surface area contributed by atoms with E-state index in [1.54, 1.807) is 6.92 Å². The van der Waals surface area contributed by atoms with Crippen molar-refractivity contribution in [1.29, 1.82) is 0 Å². The van der Waals surface area contributed by atoms with Crippen LogP contribution in [-0.4, -0.2) is 21.9 Å². The first-order valence-electron chi connectivity index (χ1n) is 3.92. The summed E-state index contributed by atoms with van der Waals surface area (Å²) in [4.78, 5) is 0. The molecule has 0 saturated carbocycles. The quantitative estimate of drug-likeness (QED) is 0.495. The minimum atomic E-state index is -1.18. The molecule has 0 radical (unpaired) electrons. The number of benzene rings is 1. The number of hydrogen-bond donors (Lipinski definition) is 4. The summed E-state index contributed by atoms with van der Waals surface area (Å²) in [7, 11) is 0. The SMILES string of the molecule is CC(O)(CN)c1ccc(O)c(O)c1. The van der Waals surface area contributed by atoms with Crippen LogP contribution in [0.25, 0.3) is 0 Å². The van der Waals surface area contributed by atoms with E-state index < -0.39 is 5.60 Å². The highest BCUT2D eigenvalue weighted by Gasteiger charge is 2.21. The molecule has 0 spiro atoms. The van der Waals surface area contributed by atoms with Crippen molar-refractivity contribution >= 4 is 0 Å². The molecular formula is C9H13NO3. The molecule has 0 aliphatic rings. The van der Waals surface area contributed by atoms with Crippen LogP contribution in [0.5, 0.6) is 11.5 Å². The van der Waals surface area contributed by atoms with Crippen LogP contribution >= 0.6 is 0 Å². The van der Waals surface area contributed by atoms with Crippen molar-refractivity contribution in [3.05, 3.63) is 23.8 Å². The lowest BCUT2D eigenvalue weighted by Gasteiger charge is -2.21. The topological polar surface area (TPSA) is 86.7 Å². The number of phenolic OH excluding ortho intramolecular Hbond substituents is 2. The fourth-order valence-corrected chi connectivity index (χ4v) is 0.976. The van der Waals surface area contributed by atoms with Gasteiger partial charge in [0.1, 0.15) is 0 Å². The second-order valence-corrected chi connectivity index (χ2v) is 3.18. The molecule has 0 aromatic heterocycles. The summed E-state index contributed by atoms with van der Waals surface area (Å²) in [6.07, 6.45) is 0. The fraction of sp³-hybridized carbons (Fsp3) is 0.333. The number of rotatable bonds is 2. The van der Waals surface area contributed by atoms with Gasteiger partial charge >= 0.3 is 0 Å². The van der Waals surface area contributed by atoms with Gasteiger partial charge in [0.2, 0.25) is 0 Å².